The number of rotatable bonds is 2. The van der Waals surface area contributed by atoms with Crippen LogP contribution < -0.4 is 16.6 Å². The number of carbonyl (C=O) groups excluding carboxylic acids is 1. The summed E-state index contributed by atoms with van der Waals surface area (Å²) in [6.07, 6.45) is 5.39. The van der Waals surface area contributed by atoms with Crippen molar-refractivity contribution in [3.05, 3.63) is 93.7 Å². The fraction of sp³-hybridized carbons (Fsp3) is 0.333. The third-order valence-electron chi connectivity index (χ3n) is 8.93. The number of amides is 1. The fourth-order valence-electron chi connectivity index (χ4n) is 6.57. The molecule has 3 aromatic carbocycles. The highest BCUT2D eigenvalue weighted by molar-refractivity contribution is 6.07. The Morgan fingerprint density at radius 2 is 1.85 bits per heavy atom. The normalized spacial score (nSPS) is 17.5. The predicted molar refractivity (Wildman–Crippen MR) is 162 cm³/mol. The van der Waals surface area contributed by atoms with E-state index >= 15 is 0 Å². The Labute approximate surface area is 240 Å². The Morgan fingerprint density at radius 1 is 1.02 bits per heavy atom. The number of nitrogens with zero attached hydrogens (tertiary/aromatic N) is 3. The van der Waals surface area contributed by atoms with Crippen molar-refractivity contribution in [2.45, 2.75) is 51.5 Å². The predicted octanol–water partition coefficient (Wildman–Crippen LogP) is 4.89. The molecule has 1 unspecified atom stereocenters. The lowest BCUT2D eigenvalue weighted by molar-refractivity contribution is -0.137. The molecule has 1 atom stereocenters. The molecule has 5 aliphatic rings. The number of hydrazine groups is 1. The van der Waals surface area contributed by atoms with E-state index in [-0.39, 0.29) is 18.2 Å². The SMILES string of the molecule is Cc1c2ccc(c1N)N(N)CCCCc1ccc3c(cn(C)c3c1)C(=O)N1CCc3ccc(cc3C1)C2CC(=O)O. The van der Waals surface area contributed by atoms with Gasteiger partial charge in [-0.25, -0.2) is 5.84 Å². The zero-order valence-corrected chi connectivity index (χ0v) is 23.7. The zero-order chi connectivity index (χ0) is 28.8. The van der Waals surface area contributed by atoms with Gasteiger partial charge in [-0.2, -0.15) is 0 Å². The van der Waals surface area contributed by atoms with Gasteiger partial charge in [0.25, 0.3) is 5.91 Å². The molecule has 9 rings (SSSR count). The Morgan fingerprint density at radius 3 is 2.66 bits per heavy atom. The van der Waals surface area contributed by atoms with Crippen molar-refractivity contribution in [1.29, 1.82) is 0 Å². The maximum Gasteiger partial charge on any atom is 0.304 e. The number of carboxylic acid groups (broad SMARTS) is 1. The van der Waals surface area contributed by atoms with Crippen LogP contribution in [0.1, 0.15) is 68.9 Å². The van der Waals surface area contributed by atoms with Crippen LogP contribution in [-0.2, 0) is 31.2 Å². The molecule has 4 aromatic rings. The molecule has 1 amide bonds. The van der Waals surface area contributed by atoms with Gasteiger partial charge in [0.1, 0.15) is 0 Å². The first-order valence-corrected chi connectivity index (χ1v) is 14.3. The van der Waals surface area contributed by atoms with Gasteiger partial charge in [0, 0.05) is 49.7 Å². The third kappa shape index (κ3) is 4.93. The second kappa shape index (κ2) is 10.6. The van der Waals surface area contributed by atoms with E-state index in [4.69, 9.17) is 11.6 Å². The third-order valence-corrected chi connectivity index (χ3v) is 8.93. The van der Waals surface area contributed by atoms with Gasteiger partial charge in [-0.05, 0) is 78.1 Å². The molecule has 0 fully saturated rings. The maximum absolute atomic E-state index is 13.8. The summed E-state index contributed by atoms with van der Waals surface area (Å²) in [5, 5.41) is 12.5. The van der Waals surface area contributed by atoms with E-state index in [1.165, 1.54) is 11.1 Å². The molecule has 1 aromatic heterocycles. The van der Waals surface area contributed by atoms with Crippen molar-refractivity contribution in [3.8, 4) is 0 Å². The molecule has 5 aliphatic heterocycles. The van der Waals surface area contributed by atoms with Crippen molar-refractivity contribution in [2.75, 3.05) is 23.8 Å². The van der Waals surface area contributed by atoms with Crippen LogP contribution in [0, 0.1) is 6.92 Å². The fourth-order valence-corrected chi connectivity index (χ4v) is 6.57. The second-order valence-electron chi connectivity index (χ2n) is 11.5. The summed E-state index contributed by atoms with van der Waals surface area (Å²) >= 11 is 0. The molecular formula is C33H37N5O3. The molecule has 0 spiro atoms. The Hall–Kier alpha value is -4.30. The topological polar surface area (TPSA) is 118 Å². The lowest BCUT2D eigenvalue weighted by Crippen LogP contribution is -2.36. The van der Waals surface area contributed by atoms with E-state index in [1.54, 1.807) is 5.01 Å². The van der Waals surface area contributed by atoms with Crippen molar-refractivity contribution in [1.82, 2.24) is 9.47 Å². The number of aryl methyl sites for hydroxylation is 2. The molecule has 8 nitrogen and oxygen atoms in total. The van der Waals surface area contributed by atoms with Crippen molar-refractivity contribution in [3.63, 3.8) is 0 Å². The number of hydrogen-bond acceptors (Lipinski definition) is 5. The Bertz CT molecular complexity index is 1670. The summed E-state index contributed by atoms with van der Waals surface area (Å²) in [5.41, 5.74) is 15.8. The molecule has 5 N–H and O–H groups in total. The van der Waals surface area contributed by atoms with Crippen LogP contribution in [-0.4, -0.2) is 39.5 Å². The van der Waals surface area contributed by atoms with E-state index in [2.05, 4.69) is 30.3 Å². The average molecular weight is 552 g/mol. The summed E-state index contributed by atoms with van der Waals surface area (Å²) < 4.78 is 2.04. The summed E-state index contributed by atoms with van der Waals surface area (Å²) in [6.45, 7) is 3.71. The minimum Gasteiger partial charge on any atom is -0.481 e. The van der Waals surface area contributed by atoms with Gasteiger partial charge < -0.3 is 25.3 Å². The van der Waals surface area contributed by atoms with E-state index in [9.17, 15) is 14.7 Å². The van der Waals surface area contributed by atoms with Gasteiger partial charge in [0.15, 0.2) is 0 Å². The molecule has 9 bridgehead atoms. The van der Waals surface area contributed by atoms with E-state index in [1.807, 2.05) is 47.8 Å². The second-order valence-corrected chi connectivity index (χ2v) is 11.5. The van der Waals surface area contributed by atoms with Gasteiger partial charge >= 0.3 is 5.97 Å². The molecule has 0 saturated carbocycles. The highest BCUT2D eigenvalue weighted by Gasteiger charge is 2.27. The molecule has 212 valence electrons. The average Bonchev–Trinajstić information content (AvgIpc) is 3.29. The van der Waals surface area contributed by atoms with Gasteiger partial charge in [0.05, 0.1) is 23.4 Å². The number of anilines is 2. The van der Waals surface area contributed by atoms with Crippen molar-refractivity contribution in [2.24, 2.45) is 12.9 Å². The summed E-state index contributed by atoms with van der Waals surface area (Å²) in [6, 6.07) is 16.5. The molecule has 0 radical (unpaired) electrons. The Kier molecular flexibility index (Phi) is 6.95. The highest BCUT2D eigenvalue weighted by atomic mass is 16.4. The summed E-state index contributed by atoms with van der Waals surface area (Å²) in [5.74, 6) is 5.24. The van der Waals surface area contributed by atoms with Gasteiger partial charge in [-0.3, -0.25) is 9.59 Å². The van der Waals surface area contributed by atoms with Crippen molar-refractivity contribution < 1.29 is 14.7 Å². The molecule has 0 saturated heterocycles. The van der Waals surface area contributed by atoms with Crippen molar-refractivity contribution >= 4 is 34.2 Å². The van der Waals surface area contributed by atoms with Crippen LogP contribution in [0.3, 0.4) is 0 Å². The highest BCUT2D eigenvalue weighted by Crippen LogP contribution is 2.38. The van der Waals surface area contributed by atoms with Crippen LogP contribution in [0.15, 0.2) is 54.7 Å². The number of carbonyl (C=O) groups is 2. The monoisotopic (exact) mass is 551 g/mol. The summed E-state index contributed by atoms with van der Waals surface area (Å²) in [4.78, 5) is 27.8. The first kappa shape index (κ1) is 26.9. The number of aromatic nitrogens is 1. The quantitative estimate of drug-likeness (QED) is 0.241. The molecular weight excluding hydrogens is 514 g/mol. The van der Waals surface area contributed by atoms with Crippen LogP contribution in [0.2, 0.25) is 0 Å². The van der Waals surface area contributed by atoms with Crippen LogP contribution >= 0.6 is 0 Å². The molecule has 0 aliphatic carbocycles. The number of carboxylic acids is 1. The lowest BCUT2D eigenvalue weighted by atomic mass is 9.83. The van der Waals surface area contributed by atoms with Crippen LogP contribution in [0.25, 0.3) is 10.9 Å². The maximum atomic E-state index is 13.8. The molecule has 6 heterocycles. The van der Waals surface area contributed by atoms with Gasteiger partial charge in [-0.1, -0.05) is 36.4 Å². The number of nitrogen functional groups attached to an aromatic ring is 1. The van der Waals surface area contributed by atoms with Crippen LogP contribution in [0.5, 0.6) is 0 Å². The van der Waals surface area contributed by atoms with Crippen LogP contribution in [0.4, 0.5) is 11.4 Å². The number of aliphatic carboxylic acids is 1. The van der Waals surface area contributed by atoms with E-state index in [0.717, 1.165) is 64.5 Å². The first-order chi connectivity index (χ1) is 19.7. The minimum absolute atomic E-state index is 0.0228. The Balaban J connectivity index is 1.46. The molecule has 8 heteroatoms. The smallest absolute Gasteiger partial charge is 0.304 e. The largest absolute Gasteiger partial charge is 0.481 e. The molecule has 41 heavy (non-hydrogen) atoms. The standard InChI is InChI=1S/C33H37N5O3/c1-20-25-10-11-29(32(20)34)38(35)13-4-3-5-21-6-9-26-28(19-36(2)30(26)15-21)33(41)37-14-12-22-7-8-23(16-24(22)18-37)27(25)17-31(39)40/h6-11,15-16,19,27H,3-5,12-14,17-18,34-35H2,1-2H3,(H,39,40). The number of nitrogens with two attached hydrogens (primary N) is 2. The lowest BCUT2D eigenvalue weighted by Gasteiger charge is -2.30. The van der Waals surface area contributed by atoms with E-state index in [0.29, 0.717) is 30.9 Å². The minimum atomic E-state index is -0.878. The number of benzene rings is 3. The van der Waals surface area contributed by atoms with Gasteiger partial charge in [0.2, 0.25) is 0 Å². The zero-order valence-electron chi connectivity index (χ0n) is 23.7. The van der Waals surface area contributed by atoms with E-state index < -0.39 is 5.97 Å². The number of hydrogen-bond donors (Lipinski definition) is 3. The van der Waals surface area contributed by atoms with Gasteiger partial charge in [-0.15, -0.1) is 0 Å². The first-order valence-electron chi connectivity index (χ1n) is 14.3. The summed E-state index contributed by atoms with van der Waals surface area (Å²) in [7, 11) is 1.99.